The molecule has 2 bridgehead atoms. The molecule has 5 aliphatic rings. The van der Waals surface area contributed by atoms with Gasteiger partial charge in [0.15, 0.2) is 33.5 Å². The molecule has 10 heterocycles. The summed E-state index contributed by atoms with van der Waals surface area (Å²) >= 11 is 2.33. The van der Waals surface area contributed by atoms with Gasteiger partial charge in [0.1, 0.15) is 0 Å². The zero-order valence-corrected chi connectivity index (χ0v) is 53.2. The molecule has 5 fully saturated rings. The van der Waals surface area contributed by atoms with Crippen molar-refractivity contribution in [2.45, 2.75) is 76.7 Å². The highest BCUT2D eigenvalue weighted by molar-refractivity contribution is 14.1. The van der Waals surface area contributed by atoms with Crippen LogP contribution in [0.4, 0.5) is 17.8 Å². The first-order valence-corrected chi connectivity index (χ1v) is 31.8. The Morgan fingerprint density at radius 2 is 1.00 bits per heavy atom. The second-order valence-corrected chi connectivity index (χ2v) is 25.5. The van der Waals surface area contributed by atoms with Gasteiger partial charge >= 0.3 is 17.1 Å². The number of fused-ring (bicyclic) bond motifs is 5. The van der Waals surface area contributed by atoms with Gasteiger partial charge in [-0.1, -0.05) is 98.1 Å². The molecule has 9 aromatic rings. The van der Waals surface area contributed by atoms with Gasteiger partial charge in [0.25, 0.3) is 16.7 Å². The lowest BCUT2D eigenvalue weighted by molar-refractivity contribution is 0.321. The Kier molecular flexibility index (Phi) is 17.6. The Morgan fingerprint density at radius 1 is 0.500 bits per heavy atom. The normalized spacial score (nSPS) is 18.9. The molecule has 4 aliphatic heterocycles. The molecular weight excluding hydrogens is 1230 g/mol. The highest BCUT2D eigenvalue weighted by atomic mass is 127. The van der Waals surface area contributed by atoms with Crippen molar-refractivity contribution in [3.8, 4) is 0 Å². The summed E-state index contributed by atoms with van der Waals surface area (Å²) in [5.41, 5.74) is 4.49. The molecule has 3 unspecified atom stereocenters. The van der Waals surface area contributed by atoms with Crippen molar-refractivity contribution in [1.82, 2.24) is 72.0 Å². The molecule has 1 aliphatic carbocycles. The number of imidazole rings is 3. The van der Waals surface area contributed by atoms with E-state index >= 15 is 0 Å². The molecule has 3 atom stereocenters. The van der Waals surface area contributed by atoms with Gasteiger partial charge in [-0.15, -0.1) is 0 Å². The minimum atomic E-state index is -0.368. The Labute approximate surface area is 521 Å². The first-order chi connectivity index (χ1) is 42.6. The van der Waals surface area contributed by atoms with Gasteiger partial charge in [-0.2, -0.15) is 15.0 Å². The van der Waals surface area contributed by atoms with Crippen LogP contribution in [0, 0.1) is 15.4 Å². The largest absolute Gasteiger partial charge is 0.341 e. The van der Waals surface area contributed by atoms with Crippen LogP contribution in [0.15, 0.2) is 114 Å². The molecule has 3 N–H and O–H groups in total. The lowest BCUT2D eigenvalue weighted by Gasteiger charge is -2.30. The number of nitrogens with zero attached hydrogens (tertiary/aromatic N) is 15. The van der Waals surface area contributed by atoms with Crippen molar-refractivity contribution in [3.05, 3.63) is 168 Å². The van der Waals surface area contributed by atoms with E-state index in [2.05, 4.69) is 94.2 Å². The maximum absolute atomic E-state index is 13.3. The van der Waals surface area contributed by atoms with Gasteiger partial charge in [-0.3, -0.25) is 50.9 Å². The van der Waals surface area contributed by atoms with Crippen molar-refractivity contribution < 1.29 is 0 Å². The molecule has 25 heteroatoms. The van der Waals surface area contributed by atoms with Crippen LogP contribution in [0.25, 0.3) is 33.5 Å². The Bertz CT molecular complexity index is 4410. The van der Waals surface area contributed by atoms with Gasteiger partial charge in [-0.25, -0.2) is 14.4 Å². The van der Waals surface area contributed by atoms with Crippen LogP contribution in [0.1, 0.15) is 55.2 Å². The van der Waals surface area contributed by atoms with Crippen LogP contribution in [0.5, 0.6) is 0 Å². The van der Waals surface area contributed by atoms with Crippen molar-refractivity contribution >= 4 is 73.9 Å². The molecule has 464 valence electrons. The van der Waals surface area contributed by atoms with E-state index in [0.29, 0.717) is 70.5 Å². The van der Waals surface area contributed by atoms with Gasteiger partial charge < -0.3 is 35.2 Å². The Hall–Kier alpha value is -7.88. The predicted molar refractivity (Wildman–Crippen MR) is 352 cm³/mol. The summed E-state index contributed by atoms with van der Waals surface area (Å²) in [5.74, 6) is 3.31. The number of aromatic nitrogens is 12. The average Bonchev–Trinajstić information content (AvgIpc) is 3.88. The number of nitrogens with one attached hydrogen (secondary N) is 3. The first kappa shape index (κ1) is 60.4. The summed E-state index contributed by atoms with van der Waals surface area (Å²) in [5, 5.41) is 10.4. The number of halogens is 1. The number of aryl methyl sites for hydroxylation is 3. The van der Waals surface area contributed by atoms with Gasteiger partial charge in [0.2, 0.25) is 17.8 Å². The summed E-state index contributed by atoms with van der Waals surface area (Å²) in [6.45, 7) is 10.5. The number of piperazine rings is 2. The summed E-state index contributed by atoms with van der Waals surface area (Å²) in [6.07, 6.45) is 8.28. The SMILES string of the molecule is Cn1c(=O)c2c(nc(N3CC4CC3CN4)n2Cc2ccccc2)n(C)c1=O.Cn1c(=O)c2c(nc(N3CCNCC(Cc4ccccc4)C3)n2Cc2ccccc2I)n(C)c1=O.Cn1c(=O)c2c(nc(N3CCNCC3)n2CC2CCCCC2)n(C)c1=O. The highest BCUT2D eigenvalue weighted by Gasteiger charge is 2.40. The van der Waals surface area contributed by atoms with E-state index in [-0.39, 0.29) is 33.7 Å². The molecule has 88 heavy (non-hydrogen) atoms. The molecule has 24 nitrogen and oxygen atoms in total. The predicted octanol–water partition coefficient (Wildman–Crippen LogP) is 2.81. The van der Waals surface area contributed by atoms with Crippen LogP contribution in [0.2, 0.25) is 0 Å². The molecule has 0 spiro atoms. The summed E-state index contributed by atoms with van der Waals surface area (Å²) in [6, 6.07) is 29.6. The number of hydrogen-bond donors (Lipinski definition) is 3. The molecule has 4 saturated heterocycles. The van der Waals surface area contributed by atoms with Gasteiger partial charge in [-0.05, 0) is 82.9 Å². The van der Waals surface area contributed by atoms with Crippen LogP contribution >= 0.6 is 22.6 Å². The van der Waals surface area contributed by atoms with E-state index in [4.69, 9.17) is 15.0 Å². The molecule has 0 radical (unpaired) electrons. The van der Waals surface area contributed by atoms with E-state index in [1.165, 1.54) is 74.6 Å². The third-order valence-corrected chi connectivity index (χ3v) is 19.5. The lowest BCUT2D eigenvalue weighted by atomic mass is 9.89. The summed E-state index contributed by atoms with van der Waals surface area (Å²) < 4.78 is 15.2. The lowest BCUT2D eigenvalue weighted by Crippen LogP contribution is -2.44. The summed E-state index contributed by atoms with van der Waals surface area (Å²) in [4.78, 5) is 97.9. The second kappa shape index (κ2) is 25.7. The fourth-order valence-electron chi connectivity index (χ4n) is 13.6. The fourth-order valence-corrected chi connectivity index (χ4v) is 14.2. The van der Waals surface area contributed by atoms with Crippen LogP contribution in [0.3, 0.4) is 0 Å². The second-order valence-electron chi connectivity index (χ2n) is 24.3. The standard InChI is InChI=1S/C26H29IN6O2.C19H22N6O2.C18H28N6O2/c1-30-23-22(24(34)31(2)26(30)35)33(17-20-10-6-7-11-21(20)27)25(29-23)32-13-12-28-15-19(16-32)14-18-8-4-3-5-9-18;1-22-16-15(17(26)23(2)19(22)27)25(10-12-6-4-3-5-7-12)18(21-16)24-11-13-8-14(24)9-20-13;1-21-15-14(16(25)22(2)18(21)26)24(12-13-6-4-3-5-7-13)17(20-15)23-10-8-19-9-11-23/h3-11,19,28H,12-17H2,1-2H3;3-7,13-14,20H,8-11H2,1-2H3;13,19H,3-12H2,1-2H3. The minimum absolute atomic E-state index is 0.243. The average molecular weight is 1310 g/mol. The van der Waals surface area contributed by atoms with Crippen molar-refractivity contribution in [1.29, 1.82) is 0 Å². The van der Waals surface area contributed by atoms with Crippen molar-refractivity contribution in [3.63, 3.8) is 0 Å². The maximum Gasteiger partial charge on any atom is 0.332 e. The molecule has 0 amide bonds. The van der Waals surface area contributed by atoms with Gasteiger partial charge in [0.05, 0.1) is 13.1 Å². The number of benzene rings is 3. The van der Waals surface area contributed by atoms with Gasteiger partial charge in [0, 0.05) is 130 Å². The molecule has 14 rings (SSSR count). The Balaban J connectivity index is 0.000000130. The Morgan fingerprint density at radius 3 is 1.56 bits per heavy atom. The van der Waals surface area contributed by atoms with Crippen molar-refractivity contribution in [2.75, 3.05) is 80.1 Å². The third kappa shape index (κ3) is 11.7. The maximum atomic E-state index is 13.3. The molecular formula is C63H79IN18O6. The smallest absolute Gasteiger partial charge is 0.332 e. The zero-order chi connectivity index (χ0) is 61.5. The molecule has 3 aromatic carbocycles. The van der Waals surface area contributed by atoms with Crippen molar-refractivity contribution in [2.24, 2.45) is 54.1 Å². The quantitative estimate of drug-likeness (QED) is 0.158. The zero-order valence-electron chi connectivity index (χ0n) is 51.1. The topological polar surface area (TPSA) is 231 Å². The van der Waals surface area contributed by atoms with E-state index in [1.807, 2.05) is 57.7 Å². The molecule has 6 aromatic heterocycles. The number of hydrogen-bond acceptors (Lipinski definition) is 15. The third-order valence-electron chi connectivity index (χ3n) is 18.5. The highest BCUT2D eigenvalue weighted by Crippen LogP contribution is 2.33. The van der Waals surface area contributed by atoms with E-state index in [9.17, 15) is 28.8 Å². The van der Waals surface area contributed by atoms with E-state index in [1.54, 1.807) is 28.2 Å². The number of rotatable bonds is 11. The van der Waals surface area contributed by atoms with Crippen LogP contribution in [-0.2, 0) is 68.3 Å². The first-order valence-electron chi connectivity index (χ1n) is 30.8. The number of anilines is 3. The van der Waals surface area contributed by atoms with E-state index in [0.717, 1.165) is 122 Å². The molecule has 1 saturated carbocycles. The fraction of sp³-hybridized carbons (Fsp3) is 0.476. The van der Waals surface area contributed by atoms with Crippen LogP contribution < -0.4 is 64.4 Å². The monoisotopic (exact) mass is 1310 g/mol. The summed E-state index contributed by atoms with van der Waals surface area (Å²) in [7, 11) is 9.64. The van der Waals surface area contributed by atoms with E-state index < -0.39 is 0 Å². The minimum Gasteiger partial charge on any atom is -0.341 e. The van der Waals surface area contributed by atoms with Crippen LogP contribution in [-0.4, -0.2) is 134 Å².